The average Bonchev–Trinajstić information content (AvgIpc) is 4.01. The minimum atomic E-state index is 0.161. The van der Waals surface area contributed by atoms with Crippen LogP contribution < -0.4 is 0 Å². The van der Waals surface area contributed by atoms with Crippen molar-refractivity contribution in [1.29, 1.82) is 0 Å². The fourth-order valence-electron chi connectivity index (χ4n) is 8.02. The van der Waals surface area contributed by atoms with Crippen molar-refractivity contribution in [2.75, 3.05) is 40.0 Å². The molecule has 1 aliphatic heterocycles. The van der Waals surface area contributed by atoms with Crippen LogP contribution in [0.3, 0.4) is 0 Å². The zero-order valence-corrected chi connectivity index (χ0v) is 40.4. The van der Waals surface area contributed by atoms with Crippen molar-refractivity contribution in [2.24, 2.45) is 5.92 Å². The summed E-state index contributed by atoms with van der Waals surface area (Å²) in [6.07, 6.45) is 13.4. The van der Waals surface area contributed by atoms with E-state index in [0.717, 1.165) is 116 Å². The standard InChI is InChI=1S/C19H22ClN5.2C15H15ClN4O/c1-13-10-24(11-13)6-3-7-25-12-16(14(2)23-25)15-8-18-17(21-9-15)4-5-19(20)22-18;1-10-12(9-20(19-10)5-6-21-2)11-7-14-13(17-8-11)3-4-15(16)18-14;1-10-12(9-20(19-10)5-2-6-21)11-7-14-13(17-8-11)3-4-15(16)18-14/h4-5,8-9,12-13H,3,6-7,10-11H2,1-2H3;3-4,7-9H,5-6H2,1-2H3;3-4,7-9,21H,2,5-6H2,1H3. The van der Waals surface area contributed by atoms with Gasteiger partial charge in [0, 0.05) is 110 Å². The van der Waals surface area contributed by atoms with Gasteiger partial charge < -0.3 is 14.7 Å². The number of rotatable bonds is 13. The smallest absolute Gasteiger partial charge is 0.129 e. The average molecular weight is 961 g/mol. The van der Waals surface area contributed by atoms with Gasteiger partial charge in [-0.15, -0.1) is 0 Å². The summed E-state index contributed by atoms with van der Waals surface area (Å²) in [7, 11) is 1.68. The molecule has 0 aromatic carbocycles. The first-order chi connectivity index (χ1) is 32.4. The molecule has 1 fully saturated rings. The van der Waals surface area contributed by atoms with Gasteiger partial charge in [-0.1, -0.05) is 41.7 Å². The van der Waals surface area contributed by atoms with Crippen molar-refractivity contribution in [3.8, 4) is 33.4 Å². The Hall–Kier alpha value is -5.94. The molecular weight excluding hydrogens is 909 g/mol. The molecular formula is C49H52Cl3N13O2. The Labute approximate surface area is 403 Å². The number of likely N-dealkylation sites (tertiary alicyclic amines) is 1. The SMILES string of the molecule is COCCn1cc(-c2cnc3ccc(Cl)nc3c2)c(C)n1.Cc1nn(CCCN2CC(C)C2)cc1-c1cnc2ccc(Cl)nc2c1.Cc1nn(CCCO)cc1-c1cnc2ccc(Cl)nc2c1. The summed E-state index contributed by atoms with van der Waals surface area (Å²) < 4.78 is 10.8. The molecule has 9 aromatic heterocycles. The van der Waals surface area contributed by atoms with Crippen LogP contribution in [-0.2, 0) is 24.4 Å². The summed E-state index contributed by atoms with van der Waals surface area (Å²) in [5.41, 5.74) is 13.9. The van der Waals surface area contributed by atoms with E-state index in [2.05, 4.69) is 63.2 Å². The van der Waals surface area contributed by atoms with Crippen molar-refractivity contribution < 1.29 is 9.84 Å². The third-order valence-corrected chi connectivity index (χ3v) is 12.0. The highest BCUT2D eigenvalue weighted by Crippen LogP contribution is 2.28. The number of fused-ring (bicyclic) bond motifs is 3. The van der Waals surface area contributed by atoms with E-state index in [-0.39, 0.29) is 6.61 Å². The van der Waals surface area contributed by atoms with E-state index in [1.807, 2.05) is 102 Å². The van der Waals surface area contributed by atoms with Crippen LogP contribution in [-0.4, -0.2) is 109 Å². The first-order valence-corrected chi connectivity index (χ1v) is 23.3. The van der Waals surface area contributed by atoms with E-state index in [4.69, 9.17) is 44.6 Å². The molecule has 0 saturated carbocycles. The lowest BCUT2D eigenvalue weighted by atomic mass is 10.0. The number of aromatic nitrogens is 12. The first kappa shape index (κ1) is 47.5. The maximum Gasteiger partial charge on any atom is 0.129 e. The van der Waals surface area contributed by atoms with Gasteiger partial charge in [0.25, 0.3) is 0 Å². The van der Waals surface area contributed by atoms with Crippen LogP contribution >= 0.6 is 34.8 Å². The Kier molecular flexibility index (Phi) is 15.5. The van der Waals surface area contributed by atoms with Crippen molar-refractivity contribution >= 4 is 67.9 Å². The highest BCUT2D eigenvalue weighted by atomic mass is 35.5. The quantitative estimate of drug-likeness (QED) is 0.109. The summed E-state index contributed by atoms with van der Waals surface area (Å²) >= 11 is 17.9. The van der Waals surface area contributed by atoms with Crippen LogP contribution in [0.5, 0.6) is 0 Å². The molecule has 1 aliphatic rings. The van der Waals surface area contributed by atoms with E-state index in [1.54, 1.807) is 25.3 Å². The lowest BCUT2D eigenvalue weighted by molar-refractivity contribution is 0.110. The van der Waals surface area contributed by atoms with Gasteiger partial charge in [-0.2, -0.15) is 15.3 Å². The number of aryl methyl sites for hydroxylation is 5. The molecule has 0 aliphatic carbocycles. The van der Waals surface area contributed by atoms with E-state index in [9.17, 15) is 0 Å². The van der Waals surface area contributed by atoms with Crippen LogP contribution in [0.4, 0.5) is 0 Å². The number of aliphatic hydroxyl groups excluding tert-OH is 1. The number of hydrogen-bond donors (Lipinski definition) is 1. The van der Waals surface area contributed by atoms with Crippen molar-refractivity contribution in [2.45, 2.75) is 60.2 Å². The molecule has 0 radical (unpaired) electrons. The fraction of sp³-hybridized carbons (Fsp3) is 0.327. The third kappa shape index (κ3) is 12.0. The van der Waals surface area contributed by atoms with Crippen molar-refractivity contribution in [3.05, 3.63) is 124 Å². The molecule has 9 aromatic rings. The predicted octanol–water partition coefficient (Wildman–Crippen LogP) is 9.74. The topological polar surface area (TPSA) is 164 Å². The molecule has 0 unspecified atom stereocenters. The second-order valence-corrected chi connectivity index (χ2v) is 17.8. The van der Waals surface area contributed by atoms with Crippen LogP contribution in [0.15, 0.2) is 91.8 Å². The van der Waals surface area contributed by atoms with Gasteiger partial charge in [0.15, 0.2) is 0 Å². The highest BCUT2D eigenvalue weighted by Gasteiger charge is 2.21. The molecule has 0 bridgehead atoms. The molecule has 1 N–H and O–H groups in total. The maximum atomic E-state index is 8.89. The number of pyridine rings is 6. The Morgan fingerprint density at radius 1 is 0.552 bits per heavy atom. The molecule has 346 valence electrons. The fourth-order valence-corrected chi connectivity index (χ4v) is 8.48. The summed E-state index contributed by atoms with van der Waals surface area (Å²) in [5, 5.41) is 23.9. The number of halogens is 3. The number of aliphatic hydroxyl groups is 1. The van der Waals surface area contributed by atoms with Crippen LogP contribution in [0, 0.1) is 26.7 Å². The minimum Gasteiger partial charge on any atom is -0.396 e. The molecule has 10 rings (SSSR count). The molecule has 15 nitrogen and oxygen atoms in total. The molecule has 67 heavy (non-hydrogen) atoms. The molecule has 0 atom stereocenters. The summed E-state index contributed by atoms with van der Waals surface area (Å²) in [6, 6.07) is 16.8. The second kappa shape index (κ2) is 21.8. The Morgan fingerprint density at radius 3 is 1.31 bits per heavy atom. The first-order valence-electron chi connectivity index (χ1n) is 22.1. The number of nitrogens with zero attached hydrogens (tertiary/aromatic N) is 13. The van der Waals surface area contributed by atoms with Gasteiger partial charge in [-0.3, -0.25) is 29.0 Å². The van der Waals surface area contributed by atoms with Gasteiger partial charge in [0.2, 0.25) is 0 Å². The Morgan fingerprint density at radius 2 is 0.940 bits per heavy atom. The molecule has 0 amide bonds. The molecule has 10 heterocycles. The van der Waals surface area contributed by atoms with E-state index in [1.165, 1.54) is 13.1 Å². The van der Waals surface area contributed by atoms with Crippen LogP contribution in [0.2, 0.25) is 15.5 Å². The molecule has 0 spiro atoms. The second-order valence-electron chi connectivity index (χ2n) is 16.7. The molecule has 18 heteroatoms. The van der Waals surface area contributed by atoms with Gasteiger partial charge in [0.1, 0.15) is 15.5 Å². The van der Waals surface area contributed by atoms with Gasteiger partial charge in [-0.25, -0.2) is 15.0 Å². The van der Waals surface area contributed by atoms with Crippen molar-refractivity contribution in [1.82, 2.24) is 64.1 Å². The van der Waals surface area contributed by atoms with Crippen LogP contribution in [0.1, 0.15) is 36.8 Å². The van der Waals surface area contributed by atoms with E-state index in [0.29, 0.717) is 35.0 Å². The largest absolute Gasteiger partial charge is 0.396 e. The zero-order chi connectivity index (χ0) is 47.0. The normalized spacial score (nSPS) is 12.9. The van der Waals surface area contributed by atoms with Crippen LogP contribution in [0.25, 0.3) is 66.5 Å². The van der Waals surface area contributed by atoms with Gasteiger partial charge in [0.05, 0.1) is 63.3 Å². The van der Waals surface area contributed by atoms with Crippen molar-refractivity contribution in [3.63, 3.8) is 0 Å². The monoisotopic (exact) mass is 959 g/mol. The summed E-state index contributed by atoms with van der Waals surface area (Å²) in [6.45, 7) is 15.1. The Bertz CT molecular complexity index is 2990. The molecule has 1 saturated heterocycles. The number of hydrogen-bond acceptors (Lipinski definition) is 12. The van der Waals surface area contributed by atoms with E-state index >= 15 is 0 Å². The Balaban J connectivity index is 0.000000137. The van der Waals surface area contributed by atoms with Gasteiger partial charge >= 0.3 is 0 Å². The summed E-state index contributed by atoms with van der Waals surface area (Å²) in [4.78, 5) is 28.8. The number of ether oxygens (including phenoxy) is 1. The third-order valence-electron chi connectivity index (χ3n) is 11.4. The maximum absolute atomic E-state index is 8.89. The lowest BCUT2D eigenvalue weighted by Gasteiger charge is -2.37. The number of methoxy groups -OCH3 is 1. The predicted molar refractivity (Wildman–Crippen MR) is 265 cm³/mol. The van der Waals surface area contributed by atoms with Gasteiger partial charge in [-0.05, 0) is 101 Å². The minimum absolute atomic E-state index is 0.161. The lowest BCUT2D eigenvalue weighted by Crippen LogP contribution is -2.45. The zero-order valence-electron chi connectivity index (χ0n) is 38.1. The highest BCUT2D eigenvalue weighted by molar-refractivity contribution is 6.30. The summed E-state index contributed by atoms with van der Waals surface area (Å²) in [5.74, 6) is 0.862. The van der Waals surface area contributed by atoms with E-state index < -0.39 is 0 Å².